The SMILES string of the molecule is NC1CCC=C2C1C1C=CC=CC1C2(C1=CC=CCC1)C1CCCCC1. The zero-order valence-corrected chi connectivity index (χ0v) is 15.9. The first-order chi connectivity index (χ1) is 12.8. The first-order valence-corrected chi connectivity index (χ1v) is 11.0. The van der Waals surface area contributed by atoms with Gasteiger partial charge in [0.2, 0.25) is 0 Å². The van der Waals surface area contributed by atoms with Gasteiger partial charge in [-0.25, -0.2) is 0 Å². The molecule has 0 heterocycles. The van der Waals surface area contributed by atoms with Crippen molar-refractivity contribution in [1.29, 1.82) is 0 Å². The van der Waals surface area contributed by atoms with Crippen molar-refractivity contribution >= 4 is 0 Å². The highest BCUT2D eigenvalue weighted by atomic mass is 14.7. The van der Waals surface area contributed by atoms with Crippen LogP contribution >= 0.6 is 0 Å². The van der Waals surface area contributed by atoms with E-state index in [0.717, 1.165) is 12.3 Å². The van der Waals surface area contributed by atoms with Gasteiger partial charge in [0.1, 0.15) is 0 Å². The molecule has 5 unspecified atom stereocenters. The lowest BCUT2D eigenvalue weighted by Crippen LogP contribution is -2.41. The third-order valence-electron chi connectivity index (χ3n) is 8.07. The molecule has 1 nitrogen and oxygen atoms in total. The fraction of sp³-hybridized carbons (Fsp3) is 0.600. The van der Waals surface area contributed by atoms with E-state index < -0.39 is 0 Å². The Morgan fingerprint density at radius 1 is 0.923 bits per heavy atom. The Labute approximate surface area is 158 Å². The lowest BCUT2D eigenvalue weighted by atomic mass is 9.55. The standard InChI is InChI=1S/C25H33N/c26-23-17-9-16-22-24(23)20-14-7-8-15-21(20)25(22,18-10-3-1-4-11-18)19-12-5-2-6-13-19/h1,3,7-8,10,14-16,19-21,23-24H,2,4-6,9,11-13,17,26H2. The van der Waals surface area contributed by atoms with Crippen LogP contribution in [0.2, 0.25) is 0 Å². The van der Waals surface area contributed by atoms with Gasteiger partial charge in [0.15, 0.2) is 0 Å². The van der Waals surface area contributed by atoms with Gasteiger partial charge in [0.25, 0.3) is 0 Å². The van der Waals surface area contributed by atoms with Crippen LogP contribution in [0.4, 0.5) is 0 Å². The van der Waals surface area contributed by atoms with Crippen LogP contribution in [-0.2, 0) is 0 Å². The number of allylic oxidation sites excluding steroid dienone is 9. The van der Waals surface area contributed by atoms with E-state index >= 15 is 0 Å². The maximum Gasteiger partial charge on any atom is 0.0224 e. The average molecular weight is 348 g/mol. The second-order valence-electron chi connectivity index (χ2n) is 9.16. The summed E-state index contributed by atoms with van der Waals surface area (Å²) in [4.78, 5) is 0. The summed E-state index contributed by atoms with van der Waals surface area (Å²) in [6.45, 7) is 0. The number of fused-ring (bicyclic) bond motifs is 3. The molecule has 2 fully saturated rings. The molecule has 0 amide bonds. The van der Waals surface area contributed by atoms with Crippen LogP contribution in [0.1, 0.15) is 57.8 Å². The molecule has 5 aliphatic rings. The van der Waals surface area contributed by atoms with Crippen molar-refractivity contribution in [3.8, 4) is 0 Å². The molecule has 0 spiro atoms. The highest BCUT2D eigenvalue weighted by molar-refractivity contribution is 5.47. The Hall–Kier alpha value is -1.34. The second kappa shape index (κ2) is 6.68. The van der Waals surface area contributed by atoms with E-state index in [2.05, 4.69) is 48.6 Å². The predicted octanol–water partition coefficient (Wildman–Crippen LogP) is 5.87. The summed E-state index contributed by atoms with van der Waals surface area (Å²) in [7, 11) is 0. The zero-order chi connectivity index (χ0) is 17.6. The summed E-state index contributed by atoms with van der Waals surface area (Å²) in [5.41, 5.74) is 10.5. The van der Waals surface area contributed by atoms with E-state index in [-0.39, 0.29) is 5.41 Å². The molecular weight excluding hydrogens is 314 g/mol. The van der Waals surface area contributed by atoms with Crippen molar-refractivity contribution in [2.75, 3.05) is 0 Å². The van der Waals surface area contributed by atoms with Crippen LogP contribution in [-0.4, -0.2) is 6.04 Å². The molecule has 1 heteroatoms. The average Bonchev–Trinajstić information content (AvgIpc) is 3.02. The van der Waals surface area contributed by atoms with Crippen LogP contribution in [0.3, 0.4) is 0 Å². The van der Waals surface area contributed by atoms with Gasteiger partial charge in [0, 0.05) is 17.4 Å². The minimum Gasteiger partial charge on any atom is -0.327 e. The second-order valence-corrected chi connectivity index (χ2v) is 9.16. The molecule has 0 radical (unpaired) electrons. The summed E-state index contributed by atoms with van der Waals surface area (Å²) in [5.74, 6) is 2.59. The Morgan fingerprint density at radius 3 is 2.58 bits per heavy atom. The van der Waals surface area contributed by atoms with Crippen LogP contribution in [0.15, 0.2) is 59.8 Å². The molecule has 0 aromatic rings. The first kappa shape index (κ1) is 16.8. The van der Waals surface area contributed by atoms with Crippen molar-refractivity contribution in [3.63, 3.8) is 0 Å². The van der Waals surface area contributed by atoms with Crippen molar-refractivity contribution < 1.29 is 0 Å². The summed E-state index contributed by atoms with van der Waals surface area (Å²) in [6, 6.07) is 0.337. The van der Waals surface area contributed by atoms with Gasteiger partial charge < -0.3 is 5.73 Å². The Bertz CT molecular complexity index is 700. The predicted molar refractivity (Wildman–Crippen MR) is 110 cm³/mol. The quantitative estimate of drug-likeness (QED) is 0.622. The third kappa shape index (κ3) is 2.32. The van der Waals surface area contributed by atoms with E-state index in [9.17, 15) is 0 Å². The molecule has 0 aliphatic heterocycles. The molecular formula is C25H33N. The van der Waals surface area contributed by atoms with Gasteiger partial charge in [-0.15, -0.1) is 0 Å². The number of hydrogen-bond acceptors (Lipinski definition) is 1. The van der Waals surface area contributed by atoms with E-state index in [1.165, 1.54) is 51.4 Å². The van der Waals surface area contributed by atoms with E-state index in [0.29, 0.717) is 23.8 Å². The maximum absolute atomic E-state index is 6.77. The topological polar surface area (TPSA) is 26.0 Å². The van der Waals surface area contributed by atoms with E-state index in [1.807, 2.05) is 0 Å². The summed E-state index contributed by atoms with van der Waals surface area (Å²) in [6.07, 6.45) is 31.3. The number of hydrogen-bond donors (Lipinski definition) is 1. The van der Waals surface area contributed by atoms with E-state index in [1.54, 1.807) is 11.1 Å². The molecule has 0 aromatic carbocycles. The minimum absolute atomic E-state index is 0.250. The molecule has 2 N–H and O–H groups in total. The fourth-order valence-electron chi connectivity index (χ4n) is 7.20. The van der Waals surface area contributed by atoms with Crippen molar-refractivity contribution in [3.05, 3.63) is 59.8 Å². The number of rotatable bonds is 2. The Morgan fingerprint density at radius 2 is 1.77 bits per heavy atom. The van der Waals surface area contributed by atoms with Gasteiger partial charge in [-0.3, -0.25) is 0 Å². The monoisotopic (exact) mass is 347 g/mol. The molecule has 0 saturated heterocycles. The molecule has 0 bridgehead atoms. The molecule has 138 valence electrons. The molecule has 26 heavy (non-hydrogen) atoms. The summed E-state index contributed by atoms with van der Waals surface area (Å²) >= 11 is 0. The molecule has 5 rings (SSSR count). The zero-order valence-electron chi connectivity index (χ0n) is 15.9. The normalized spacial score (nSPS) is 42.2. The van der Waals surface area contributed by atoms with E-state index in [4.69, 9.17) is 5.73 Å². The molecule has 5 atom stereocenters. The van der Waals surface area contributed by atoms with Crippen molar-refractivity contribution in [2.24, 2.45) is 34.8 Å². The molecule has 2 saturated carbocycles. The van der Waals surface area contributed by atoms with Gasteiger partial charge in [-0.05, 0) is 56.3 Å². The minimum atomic E-state index is 0.250. The largest absolute Gasteiger partial charge is 0.327 e. The Balaban J connectivity index is 1.72. The van der Waals surface area contributed by atoms with Gasteiger partial charge in [0.05, 0.1) is 0 Å². The maximum atomic E-state index is 6.77. The van der Waals surface area contributed by atoms with Crippen LogP contribution < -0.4 is 5.73 Å². The highest BCUT2D eigenvalue weighted by Crippen LogP contribution is 2.67. The van der Waals surface area contributed by atoms with Crippen molar-refractivity contribution in [2.45, 2.75) is 63.8 Å². The van der Waals surface area contributed by atoms with Gasteiger partial charge in [-0.1, -0.05) is 79.0 Å². The lowest BCUT2D eigenvalue weighted by Gasteiger charge is -2.48. The summed E-state index contributed by atoms with van der Waals surface area (Å²) < 4.78 is 0. The highest BCUT2D eigenvalue weighted by Gasteiger charge is 2.61. The Kier molecular flexibility index (Phi) is 4.32. The van der Waals surface area contributed by atoms with Gasteiger partial charge >= 0.3 is 0 Å². The lowest BCUT2D eigenvalue weighted by molar-refractivity contribution is 0.150. The smallest absolute Gasteiger partial charge is 0.0224 e. The number of nitrogens with two attached hydrogens (primary N) is 1. The first-order valence-electron chi connectivity index (χ1n) is 11.0. The molecule has 5 aliphatic carbocycles. The summed E-state index contributed by atoms with van der Waals surface area (Å²) in [5, 5.41) is 0. The van der Waals surface area contributed by atoms with Crippen molar-refractivity contribution in [1.82, 2.24) is 0 Å². The fourth-order valence-corrected chi connectivity index (χ4v) is 7.20. The third-order valence-corrected chi connectivity index (χ3v) is 8.07. The van der Waals surface area contributed by atoms with Crippen LogP contribution in [0.5, 0.6) is 0 Å². The van der Waals surface area contributed by atoms with Crippen LogP contribution in [0, 0.1) is 29.1 Å². The van der Waals surface area contributed by atoms with Gasteiger partial charge in [-0.2, -0.15) is 0 Å². The molecule has 0 aromatic heterocycles. The van der Waals surface area contributed by atoms with Crippen LogP contribution in [0.25, 0.3) is 0 Å².